The summed E-state index contributed by atoms with van der Waals surface area (Å²) in [6.07, 6.45) is 4.73. The van der Waals surface area contributed by atoms with Gasteiger partial charge in [0.1, 0.15) is 10.8 Å². The number of rotatable bonds is 9. The maximum Gasteiger partial charge on any atom is 0.337 e. The van der Waals surface area contributed by atoms with Crippen LogP contribution in [0.25, 0.3) is 11.1 Å². The first-order chi connectivity index (χ1) is 19.2. The van der Waals surface area contributed by atoms with Crippen LogP contribution in [0.4, 0.5) is 10.1 Å². The van der Waals surface area contributed by atoms with Gasteiger partial charge in [0.25, 0.3) is 0 Å². The Bertz CT molecular complexity index is 1380. The Morgan fingerprint density at radius 1 is 1.15 bits per heavy atom. The first kappa shape index (κ1) is 30.7. The highest BCUT2D eigenvalue weighted by atomic mass is 35.5. The Hall–Kier alpha value is -3.23. The van der Waals surface area contributed by atoms with E-state index in [2.05, 4.69) is 28.7 Å². The minimum atomic E-state index is -1.20. The third-order valence-electron chi connectivity index (χ3n) is 7.34. The summed E-state index contributed by atoms with van der Waals surface area (Å²) < 4.78 is 25.1. The largest absolute Gasteiger partial charge is 0.479 e. The fraction of sp³-hybridized carbons (Fsp3) is 0.469. The molecular formula is C32H39ClFN3O4. The third-order valence-corrected chi connectivity index (χ3v) is 7.61. The normalized spacial score (nSPS) is 16.0. The van der Waals surface area contributed by atoms with Gasteiger partial charge in [0.05, 0.1) is 17.9 Å². The van der Waals surface area contributed by atoms with E-state index in [1.165, 1.54) is 12.1 Å². The number of aliphatic carboxylic acids is 1. The van der Waals surface area contributed by atoms with Gasteiger partial charge < -0.3 is 19.5 Å². The van der Waals surface area contributed by atoms with Crippen LogP contribution < -0.4 is 9.64 Å². The van der Waals surface area contributed by atoms with Crippen LogP contribution >= 0.6 is 11.6 Å². The number of aryl methyl sites for hydroxylation is 1. The standard InChI is InChI=1S/C32H39ClFN3O4/c1-20-26(28(30(38)39)41-31(2,3)4)27(37-14-12-32(5,6)13-15-37)24(19-35-20)22-17-25(33)29(36-18-22)40-16-11-21-7-9-23(34)10-8-21/h7-10,17-19,28H,11-16H2,1-6H3,(H,38,39)/t28-/m0/s1. The Morgan fingerprint density at radius 3 is 2.39 bits per heavy atom. The van der Waals surface area contributed by atoms with Crippen molar-refractivity contribution in [2.24, 2.45) is 5.41 Å². The maximum absolute atomic E-state index is 13.2. The Labute approximate surface area is 246 Å². The lowest BCUT2D eigenvalue weighted by Crippen LogP contribution is -2.39. The molecule has 9 heteroatoms. The minimum absolute atomic E-state index is 0.199. The van der Waals surface area contributed by atoms with Crippen LogP contribution in [0, 0.1) is 18.2 Å². The molecule has 0 bridgehead atoms. The van der Waals surface area contributed by atoms with Crippen molar-refractivity contribution < 1.29 is 23.8 Å². The number of hydrogen-bond acceptors (Lipinski definition) is 6. The van der Waals surface area contributed by atoms with Gasteiger partial charge in [0, 0.05) is 54.3 Å². The number of ether oxygens (including phenoxy) is 2. The van der Waals surface area contributed by atoms with Crippen molar-refractivity contribution in [3.05, 3.63) is 70.4 Å². The second kappa shape index (κ2) is 12.3. The van der Waals surface area contributed by atoms with Crippen LogP contribution in [0.2, 0.25) is 5.02 Å². The summed E-state index contributed by atoms with van der Waals surface area (Å²) in [5.41, 5.74) is 3.82. The number of carbonyl (C=O) groups is 1. The molecule has 220 valence electrons. The Morgan fingerprint density at radius 2 is 1.80 bits per heavy atom. The van der Waals surface area contributed by atoms with Crippen LogP contribution in [0.5, 0.6) is 5.88 Å². The molecule has 0 radical (unpaired) electrons. The highest BCUT2D eigenvalue weighted by Gasteiger charge is 2.36. The molecule has 1 N–H and O–H groups in total. The van der Waals surface area contributed by atoms with Gasteiger partial charge in [-0.25, -0.2) is 14.2 Å². The summed E-state index contributed by atoms with van der Waals surface area (Å²) in [7, 11) is 0. The van der Waals surface area contributed by atoms with Crippen molar-refractivity contribution in [3.63, 3.8) is 0 Å². The fourth-order valence-corrected chi connectivity index (χ4v) is 5.21. The summed E-state index contributed by atoms with van der Waals surface area (Å²) in [5.74, 6) is -1.06. The number of piperidine rings is 1. The predicted octanol–water partition coefficient (Wildman–Crippen LogP) is 7.43. The molecule has 2 aromatic heterocycles. The first-order valence-electron chi connectivity index (χ1n) is 13.9. The predicted molar refractivity (Wildman–Crippen MR) is 159 cm³/mol. The van der Waals surface area contributed by atoms with Crippen LogP contribution in [0.1, 0.15) is 70.4 Å². The van der Waals surface area contributed by atoms with Crippen molar-refractivity contribution in [1.29, 1.82) is 0 Å². The smallest absolute Gasteiger partial charge is 0.337 e. The zero-order valence-corrected chi connectivity index (χ0v) is 25.4. The lowest BCUT2D eigenvalue weighted by Gasteiger charge is -2.41. The molecule has 7 nitrogen and oxygen atoms in total. The van der Waals surface area contributed by atoms with E-state index in [0.717, 1.165) is 42.7 Å². The van der Waals surface area contributed by atoms with Crippen molar-refractivity contribution in [2.75, 3.05) is 24.6 Å². The summed E-state index contributed by atoms with van der Waals surface area (Å²) in [6, 6.07) is 8.05. The molecule has 0 unspecified atom stereocenters. The lowest BCUT2D eigenvalue weighted by atomic mass is 9.82. The number of aromatic nitrogens is 2. The zero-order chi connectivity index (χ0) is 29.9. The van der Waals surface area contributed by atoms with E-state index in [-0.39, 0.29) is 11.2 Å². The SMILES string of the molecule is Cc1ncc(-c2cnc(OCCc3ccc(F)cc3)c(Cl)c2)c(N2CCC(C)(C)CC2)c1[C@H](OC(C)(C)C)C(=O)O. The molecule has 0 amide bonds. The summed E-state index contributed by atoms with van der Waals surface area (Å²) in [6.45, 7) is 13.7. The first-order valence-corrected chi connectivity index (χ1v) is 14.3. The topological polar surface area (TPSA) is 84.8 Å². The number of carboxylic acid groups (broad SMARTS) is 1. The van der Waals surface area contributed by atoms with Crippen molar-refractivity contribution in [2.45, 2.75) is 72.5 Å². The summed E-state index contributed by atoms with van der Waals surface area (Å²) in [5, 5.41) is 10.6. The van der Waals surface area contributed by atoms with E-state index in [9.17, 15) is 14.3 Å². The molecule has 3 aromatic rings. The van der Waals surface area contributed by atoms with Crippen molar-refractivity contribution in [1.82, 2.24) is 9.97 Å². The highest BCUT2D eigenvalue weighted by Crippen LogP contribution is 2.44. The number of benzene rings is 1. The van der Waals surface area contributed by atoms with Crippen LogP contribution in [0.3, 0.4) is 0 Å². The number of halogens is 2. The van der Waals surface area contributed by atoms with Gasteiger partial charge in [-0.15, -0.1) is 0 Å². The molecule has 1 fully saturated rings. The Kier molecular flexibility index (Phi) is 9.24. The van der Waals surface area contributed by atoms with Gasteiger partial charge in [-0.05, 0) is 69.7 Å². The quantitative estimate of drug-likeness (QED) is 0.280. The Balaban J connectivity index is 1.71. The molecule has 1 saturated heterocycles. The van der Waals surface area contributed by atoms with E-state index >= 15 is 0 Å². The number of anilines is 1. The fourth-order valence-electron chi connectivity index (χ4n) is 4.99. The van der Waals surface area contributed by atoms with Crippen molar-refractivity contribution in [3.8, 4) is 17.0 Å². The molecule has 0 spiro atoms. The second-order valence-corrected chi connectivity index (χ2v) is 12.8. The minimum Gasteiger partial charge on any atom is -0.479 e. The third kappa shape index (κ3) is 7.74. The molecule has 1 aromatic carbocycles. The molecule has 4 rings (SSSR count). The number of carboxylic acids is 1. The maximum atomic E-state index is 13.2. The van der Waals surface area contributed by atoms with Gasteiger partial charge in [0.2, 0.25) is 5.88 Å². The van der Waals surface area contributed by atoms with Gasteiger partial charge in [-0.1, -0.05) is 37.6 Å². The van der Waals surface area contributed by atoms with E-state index in [0.29, 0.717) is 40.8 Å². The molecule has 41 heavy (non-hydrogen) atoms. The van der Waals surface area contributed by atoms with Crippen LogP contribution in [-0.2, 0) is 16.0 Å². The molecule has 0 saturated carbocycles. The average Bonchev–Trinajstić information content (AvgIpc) is 2.89. The molecule has 1 aliphatic heterocycles. The van der Waals surface area contributed by atoms with Crippen LogP contribution in [0.15, 0.2) is 42.7 Å². The van der Waals surface area contributed by atoms with Gasteiger partial charge in [0.15, 0.2) is 6.10 Å². The summed E-state index contributed by atoms with van der Waals surface area (Å²) >= 11 is 6.64. The molecular weight excluding hydrogens is 545 g/mol. The molecule has 3 heterocycles. The van der Waals surface area contributed by atoms with Crippen LogP contribution in [-0.4, -0.2) is 46.3 Å². The van der Waals surface area contributed by atoms with E-state index in [4.69, 9.17) is 21.1 Å². The van der Waals surface area contributed by atoms with Gasteiger partial charge in [-0.3, -0.25) is 4.98 Å². The van der Waals surface area contributed by atoms with E-state index < -0.39 is 17.7 Å². The highest BCUT2D eigenvalue weighted by molar-refractivity contribution is 6.32. The van der Waals surface area contributed by atoms with E-state index in [1.54, 1.807) is 30.6 Å². The molecule has 1 atom stereocenters. The number of pyridine rings is 2. The summed E-state index contributed by atoms with van der Waals surface area (Å²) in [4.78, 5) is 23.9. The number of nitrogens with zero attached hydrogens (tertiary/aromatic N) is 3. The van der Waals surface area contributed by atoms with E-state index in [1.807, 2.05) is 27.7 Å². The molecule has 0 aliphatic carbocycles. The van der Waals surface area contributed by atoms with Gasteiger partial charge in [-0.2, -0.15) is 0 Å². The average molecular weight is 584 g/mol. The lowest BCUT2D eigenvalue weighted by molar-refractivity contribution is -0.160. The monoisotopic (exact) mass is 583 g/mol. The zero-order valence-electron chi connectivity index (χ0n) is 24.6. The van der Waals surface area contributed by atoms with Gasteiger partial charge >= 0.3 is 5.97 Å². The number of hydrogen-bond donors (Lipinski definition) is 1. The molecule has 1 aliphatic rings. The second-order valence-electron chi connectivity index (χ2n) is 12.4. The van der Waals surface area contributed by atoms with Crippen molar-refractivity contribution >= 4 is 23.3 Å².